The highest BCUT2D eigenvalue weighted by Gasteiger charge is 2.60. The molecule has 0 radical (unpaired) electrons. The van der Waals surface area contributed by atoms with Crippen LogP contribution >= 0.6 is 0 Å². The van der Waals surface area contributed by atoms with E-state index < -0.39 is 12.4 Å². The lowest BCUT2D eigenvalue weighted by molar-refractivity contribution is -0.143. The van der Waals surface area contributed by atoms with Gasteiger partial charge < -0.3 is 19.3 Å². The molecule has 3 heterocycles. The van der Waals surface area contributed by atoms with Gasteiger partial charge in [0.15, 0.2) is 6.29 Å². The molecular formula is C6H8O4. The molecule has 4 heteroatoms. The summed E-state index contributed by atoms with van der Waals surface area (Å²) in [6.07, 6.45) is -0.809. The zero-order valence-corrected chi connectivity index (χ0v) is 5.27. The number of aliphatic hydroxyl groups excluding tert-OH is 1. The number of ether oxygens (including phenoxy) is 3. The normalized spacial score (nSPS) is 63.9. The Morgan fingerprint density at radius 2 is 2.10 bits per heavy atom. The first-order chi connectivity index (χ1) is 4.86. The number of rotatable bonds is 0. The second-order valence-corrected chi connectivity index (χ2v) is 2.93. The van der Waals surface area contributed by atoms with Crippen LogP contribution in [0.5, 0.6) is 0 Å². The van der Waals surface area contributed by atoms with Gasteiger partial charge >= 0.3 is 0 Å². The van der Waals surface area contributed by atoms with Gasteiger partial charge in [-0.25, -0.2) is 0 Å². The van der Waals surface area contributed by atoms with E-state index in [2.05, 4.69) is 0 Å². The standard InChI is InChI=1S/C6H8O4/c7-3-5-4(10-5)2-1-8-6(3)9-2/h2-7H,1H2/t2?,3?,4-,5-,6-/m1/s1. The van der Waals surface area contributed by atoms with Crippen LogP contribution in [0, 0.1) is 0 Å². The second-order valence-electron chi connectivity index (χ2n) is 2.93. The van der Waals surface area contributed by atoms with E-state index in [4.69, 9.17) is 14.2 Å². The minimum atomic E-state index is -0.566. The van der Waals surface area contributed by atoms with Crippen LogP contribution in [0.15, 0.2) is 0 Å². The van der Waals surface area contributed by atoms with E-state index in [1.807, 2.05) is 0 Å². The average Bonchev–Trinajstić information content (AvgIpc) is 2.61. The van der Waals surface area contributed by atoms with Gasteiger partial charge in [0.1, 0.15) is 24.4 Å². The van der Waals surface area contributed by atoms with Gasteiger partial charge in [0.2, 0.25) is 0 Å². The topological polar surface area (TPSA) is 51.2 Å². The average molecular weight is 144 g/mol. The molecule has 0 aromatic heterocycles. The molecule has 3 aliphatic heterocycles. The van der Waals surface area contributed by atoms with Crippen LogP contribution in [0.2, 0.25) is 0 Å². The number of hydrogen-bond donors (Lipinski definition) is 1. The van der Waals surface area contributed by atoms with Crippen molar-refractivity contribution >= 4 is 0 Å². The van der Waals surface area contributed by atoms with Crippen molar-refractivity contribution < 1.29 is 19.3 Å². The summed E-state index contributed by atoms with van der Waals surface area (Å²) in [5.74, 6) is 0. The summed E-state index contributed by atoms with van der Waals surface area (Å²) in [5.41, 5.74) is 0. The van der Waals surface area contributed by atoms with Crippen molar-refractivity contribution in [1.82, 2.24) is 0 Å². The number of hydrogen-bond acceptors (Lipinski definition) is 4. The van der Waals surface area contributed by atoms with Gasteiger partial charge in [-0.2, -0.15) is 0 Å². The summed E-state index contributed by atoms with van der Waals surface area (Å²) in [6.45, 7) is 0.572. The van der Waals surface area contributed by atoms with Gasteiger partial charge in [-0.1, -0.05) is 0 Å². The Bertz CT molecular complexity index is 169. The SMILES string of the molecule is OC1[C@@H]2OCC(O2)[C@H]2O[C@H]12. The van der Waals surface area contributed by atoms with Gasteiger partial charge in [-0.3, -0.25) is 0 Å². The van der Waals surface area contributed by atoms with Crippen LogP contribution < -0.4 is 0 Å². The predicted octanol–water partition coefficient (Wildman–Crippen LogP) is -1.13. The lowest BCUT2D eigenvalue weighted by atomic mass is 10.1. The Kier molecular flexibility index (Phi) is 0.840. The Balaban J connectivity index is 1.91. The third-order valence-electron chi connectivity index (χ3n) is 2.28. The Morgan fingerprint density at radius 3 is 3.00 bits per heavy atom. The molecule has 3 aliphatic rings. The molecule has 0 amide bonds. The maximum Gasteiger partial charge on any atom is 0.186 e. The van der Waals surface area contributed by atoms with Crippen LogP contribution in [0.4, 0.5) is 0 Å². The van der Waals surface area contributed by atoms with Crippen molar-refractivity contribution in [2.45, 2.75) is 30.7 Å². The molecule has 56 valence electrons. The molecule has 5 atom stereocenters. The first kappa shape index (κ1) is 5.49. The van der Waals surface area contributed by atoms with Crippen molar-refractivity contribution in [3.8, 4) is 0 Å². The van der Waals surface area contributed by atoms with Crippen molar-refractivity contribution in [2.24, 2.45) is 0 Å². The maximum atomic E-state index is 9.33. The molecule has 0 saturated carbocycles. The molecule has 0 spiro atoms. The highest BCUT2D eigenvalue weighted by Crippen LogP contribution is 2.41. The summed E-state index contributed by atoms with van der Waals surface area (Å²) in [4.78, 5) is 0. The molecular weight excluding hydrogens is 136 g/mol. The Hall–Kier alpha value is -0.160. The summed E-state index contributed by atoms with van der Waals surface area (Å²) < 4.78 is 15.6. The van der Waals surface area contributed by atoms with Crippen molar-refractivity contribution in [1.29, 1.82) is 0 Å². The molecule has 3 fully saturated rings. The molecule has 1 N–H and O–H groups in total. The minimum Gasteiger partial charge on any atom is -0.385 e. The molecule has 4 nitrogen and oxygen atoms in total. The molecule has 0 aromatic carbocycles. The molecule has 3 rings (SSSR count). The van der Waals surface area contributed by atoms with Crippen LogP contribution in [-0.4, -0.2) is 42.4 Å². The summed E-state index contributed by atoms with van der Waals surface area (Å²) in [5, 5.41) is 9.33. The van der Waals surface area contributed by atoms with Crippen molar-refractivity contribution in [2.75, 3.05) is 6.61 Å². The summed E-state index contributed by atoms with van der Waals surface area (Å²) in [6, 6.07) is 0. The number of fused-ring (bicyclic) bond motifs is 4. The number of epoxide rings is 1. The Labute approximate surface area is 57.7 Å². The van der Waals surface area contributed by atoms with E-state index >= 15 is 0 Å². The predicted molar refractivity (Wildman–Crippen MR) is 29.3 cm³/mol. The first-order valence-electron chi connectivity index (χ1n) is 3.47. The Morgan fingerprint density at radius 1 is 1.20 bits per heavy atom. The molecule has 2 bridgehead atoms. The van der Waals surface area contributed by atoms with Gasteiger partial charge in [0.25, 0.3) is 0 Å². The lowest BCUT2D eigenvalue weighted by Crippen LogP contribution is -2.39. The van der Waals surface area contributed by atoms with E-state index in [-0.39, 0.29) is 18.3 Å². The van der Waals surface area contributed by atoms with Crippen LogP contribution in [0.1, 0.15) is 0 Å². The van der Waals surface area contributed by atoms with Crippen molar-refractivity contribution in [3.05, 3.63) is 0 Å². The van der Waals surface area contributed by atoms with E-state index in [9.17, 15) is 5.11 Å². The van der Waals surface area contributed by atoms with Crippen LogP contribution in [-0.2, 0) is 14.2 Å². The fourth-order valence-corrected chi connectivity index (χ4v) is 1.66. The minimum absolute atomic E-state index is 0.00810. The molecule has 3 saturated heterocycles. The van der Waals surface area contributed by atoms with Crippen LogP contribution in [0.3, 0.4) is 0 Å². The summed E-state index contributed by atoms with van der Waals surface area (Å²) >= 11 is 0. The number of aliphatic hydroxyl groups is 1. The van der Waals surface area contributed by atoms with E-state index in [0.29, 0.717) is 6.61 Å². The highest BCUT2D eigenvalue weighted by molar-refractivity contribution is 5.03. The van der Waals surface area contributed by atoms with Gasteiger partial charge in [0.05, 0.1) is 6.61 Å². The van der Waals surface area contributed by atoms with E-state index in [1.54, 1.807) is 0 Å². The lowest BCUT2D eigenvalue weighted by Gasteiger charge is -2.18. The van der Waals surface area contributed by atoms with Crippen LogP contribution in [0.25, 0.3) is 0 Å². The smallest absolute Gasteiger partial charge is 0.186 e. The zero-order chi connectivity index (χ0) is 6.72. The largest absolute Gasteiger partial charge is 0.385 e. The van der Waals surface area contributed by atoms with E-state index in [0.717, 1.165) is 0 Å². The van der Waals surface area contributed by atoms with Gasteiger partial charge in [-0.05, 0) is 0 Å². The van der Waals surface area contributed by atoms with Gasteiger partial charge in [0, 0.05) is 0 Å². The third kappa shape index (κ3) is 0.509. The third-order valence-corrected chi connectivity index (χ3v) is 2.28. The quantitative estimate of drug-likeness (QED) is 0.437. The van der Waals surface area contributed by atoms with Crippen molar-refractivity contribution in [3.63, 3.8) is 0 Å². The monoisotopic (exact) mass is 144 g/mol. The van der Waals surface area contributed by atoms with Gasteiger partial charge in [-0.15, -0.1) is 0 Å². The molecule has 2 unspecified atom stereocenters. The highest BCUT2D eigenvalue weighted by atomic mass is 16.8. The maximum absolute atomic E-state index is 9.33. The zero-order valence-electron chi connectivity index (χ0n) is 5.27. The molecule has 0 aliphatic carbocycles. The molecule has 10 heavy (non-hydrogen) atoms. The molecule has 0 aromatic rings. The van der Waals surface area contributed by atoms with E-state index in [1.165, 1.54) is 0 Å². The second kappa shape index (κ2) is 1.53. The summed E-state index contributed by atoms with van der Waals surface area (Å²) in [7, 11) is 0. The fraction of sp³-hybridized carbons (Fsp3) is 1.00. The fourth-order valence-electron chi connectivity index (χ4n) is 1.66. The first-order valence-corrected chi connectivity index (χ1v) is 3.47.